The number of hydrogen-bond donors (Lipinski definition) is 2. The van der Waals surface area contributed by atoms with Crippen molar-refractivity contribution in [3.05, 3.63) is 36.1 Å². The third kappa shape index (κ3) is 5.75. The van der Waals surface area contributed by atoms with Crippen molar-refractivity contribution in [1.82, 2.24) is 10.6 Å². The van der Waals surface area contributed by atoms with Crippen molar-refractivity contribution in [2.24, 2.45) is 10.9 Å². The first kappa shape index (κ1) is 18.7. The van der Waals surface area contributed by atoms with E-state index >= 15 is 0 Å². The number of hydrogen-bond acceptors (Lipinski definition) is 4. The summed E-state index contributed by atoms with van der Waals surface area (Å²) < 4.78 is 16.9. The van der Waals surface area contributed by atoms with Crippen molar-refractivity contribution in [3.8, 4) is 0 Å². The molecule has 0 amide bonds. The molecule has 1 fully saturated rings. The number of rotatable bonds is 9. The molecule has 6 nitrogen and oxygen atoms in total. The molecule has 142 valence electrons. The van der Waals surface area contributed by atoms with E-state index < -0.39 is 0 Å². The van der Waals surface area contributed by atoms with Gasteiger partial charge in [-0.2, -0.15) is 0 Å². The van der Waals surface area contributed by atoms with Crippen LogP contribution in [0.5, 0.6) is 0 Å². The van der Waals surface area contributed by atoms with Crippen molar-refractivity contribution >= 4 is 16.9 Å². The molecular formula is C20H29N3O3. The third-order valence-electron chi connectivity index (χ3n) is 4.50. The summed E-state index contributed by atoms with van der Waals surface area (Å²) in [5.41, 5.74) is 0.939. The van der Waals surface area contributed by atoms with Crippen LogP contribution in [0.15, 0.2) is 39.7 Å². The normalized spacial score (nSPS) is 17.7. The van der Waals surface area contributed by atoms with Crippen molar-refractivity contribution in [3.63, 3.8) is 0 Å². The predicted octanol–water partition coefficient (Wildman–Crippen LogP) is 2.58. The van der Waals surface area contributed by atoms with Crippen molar-refractivity contribution in [1.29, 1.82) is 0 Å². The van der Waals surface area contributed by atoms with Gasteiger partial charge in [0.2, 0.25) is 0 Å². The number of nitrogens with one attached hydrogen (secondary N) is 2. The van der Waals surface area contributed by atoms with Crippen LogP contribution in [-0.4, -0.2) is 52.5 Å². The van der Waals surface area contributed by atoms with E-state index in [1.165, 1.54) is 0 Å². The van der Waals surface area contributed by atoms with Gasteiger partial charge in [-0.25, -0.2) is 0 Å². The first-order chi connectivity index (χ1) is 12.8. The zero-order valence-corrected chi connectivity index (χ0v) is 15.5. The zero-order valence-electron chi connectivity index (χ0n) is 15.5. The van der Waals surface area contributed by atoms with Crippen molar-refractivity contribution in [2.45, 2.75) is 19.3 Å². The van der Waals surface area contributed by atoms with Crippen LogP contribution < -0.4 is 10.6 Å². The molecular weight excluding hydrogens is 330 g/mol. The average Bonchev–Trinajstić information content (AvgIpc) is 3.32. The summed E-state index contributed by atoms with van der Waals surface area (Å²) in [6, 6.07) is 10.2. The smallest absolute Gasteiger partial charge is 0.190 e. The fourth-order valence-electron chi connectivity index (χ4n) is 3.03. The Kier molecular flexibility index (Phi) is 7.34. The molecule has 0 spiro atoms. The number of fused-ring (bicyclic) bond motifs is 1. The number of ether oxygens (including phenoxy) is 2. The lowest BCUT2D eigenvalue weighted by Gasteiger charge is -2.12. The third-order valence-corrected chi connectivity index (χ3v) is 4.50. The number of guanidine groups is 1. The fourth-order valence-corrected chi connectivity index (χ4v) is 3.03. The highest BCUT2D eigenvalue weighted by Crippen LogP contribution is 2.18. The first-order valence-corrected chi connectivity index (χ1v) is 9.42. The van der Waals surface area contributed by atoms with E-state index in [0.717, 1.165) is 81.5 Å². The molecule has 0 bridgehead atoms. The minimum Gasteiger partial charge on any atom is -0.461 e. The molecule has 1 unspecified atom stereocenters. The van der Waals surface area contributed by atoms with Gasteiger partial charge in [0.15, 0.2) is 5.96 Å². The molecule has 1 aliphatic rings. The van der Waals surface area contributed by atoms with Gasteiger partial charge in [0, 0.05) is 51.1 Å². The van der Waals surface area contributed by atoms with Gasteiger partial charge in [0.25, 0.3) is 0 Å². The molecule has 2 aromatic rings. The molecule has 3 rings (SSSR count). The van der Waals surface area contributed by atoms with Gasteiger partial charge in [-0.1, -0.05) is 18.2 Å². The van der Waals surface area contributed by atoms with Gasteiger partial charge < -0.3 is 24.5 Å². The molecule has 0 aliphatic carbocycles. The number of benzene rings is 1. The summed E-state index contributed by atoms with van der Waals surface area (Å²) in [6.07, 6.45) is 2.90. The molecule has 1 aliphatic heterocycles. The molecule has 2 heterocycles. The topological polar surface area (TPSA) is 68.0 Å². The first-order valence-electron chi connectivity index (χ1n) is 9.42. The molecule has 1 aromatic carbocycles. The maximum atomic E-state index is 5.83. The van der Waals surface area contributed by atoms with Gasteiger partial charge in [-0.05, 0) is 25.0 Å². The van der Waals surface area contributed by atoms with E-state index in [-0.39, 0.29) is 0 Å². The van der Waals surface area contributed by atoms with Crippen LogP contribution in [0.3, 0.4) is 0 Å². The van der Waals surface area contributed by atoms with E-state index in [0.29, 0.717) is 5.92 Å². The fraction of sp³-hybridized carbons (Fsp3) is 0.550. The SMILES string of the molecule is CN=C(NCCCOCC1CCOC1)NCCc1cc2ccccc2o1. The predicted molar refractivity (Wildman–Crippen MR) is 104 cm³/mol. The zero-order chi connectivity index (χ0) is 18.0. The molecule has 0 saturated carbocycles. The minimum absolute atomic E-state index is 0.579. The average molecular weight is 359 g/mol. The lowest BCUT2D eigenvalue weighted by molar-refractivity contribution is 0.0888. The Balaban J connectivity index is 1.27. The maximum Gasteiger partial charge on any atom is 0.190 e. The van der Waals surface area contributed by atoms with E-state index in [2.05, 4.69) is 27.8 Å². The van der Waals surface area contributed by atoms with Crippen LogP contribution in [0.2, 0.25) is 0 Å². The maximum absolute atomic E-state index is 5.83. The molecule has 1 atom stereocenters. The molecule has 6 heteroatoms. The number of para-hydroxylation sites is 1. The van der Waals surface area contributed by atoms with Gasteiger partial charge in [-0.3, -0.25) is 4.99 Å². The van der Waals surface area contributed by atoms with E-state index in [4.69, 9.17) is 13.9 Å². The Morgan fingerprint density at radius 3 is 2.96 bits per heavy atom. The van der Waals surface area contributed by atoms with Gasteiger partial charge in [0.1, 0.15) is 11.3 Å². The van der Waals surface area contributed by atoms with Crippen molar-refractivity contribution < 1.29 is 13.9 Å². The lowest BCUT2D eigenvalue weighted by Crippen LogP contribution is -2.39. The Morgan fingerprint density at radius 2 is 2.15 bits per heavy atom. The molecule has 0 radical (unpaired) electrons. The number of aliphatic imine (C=N–C) groups is 1. The van der Waals surface area contributed by atoms with Gasteiger partial charge in [-0.15, -0.1) is 0 Å². The Labute approximate surface area is 155 Å². The molecule has 2 N–H and O–H groups in total. The number of furan rings is 1. The Hall–Kier alpha value is -2.05. The highest BCUT2D eigenvalue weighted by molar-refractivity contribution is 5.79. The second-order valence-corrected chi connectivity index (χ2v) is 6.58. The highest BCUT2D eigenvalue weighted by atomic mass is 16.5. The van der Waals surface area contributed by atoms with Crippen LogP contribution >= 0.6 is 0 Å². The van der Waals surface area contributed by atoms with E-state index in [1.54, 1.807) is 7.05 Å². The standard InChI is InChI=1S/C20H29N3O3/c1-21-20(22-9-4-11-24-14-16-8-12-25-15-16)23-10-7-18-13-17-5-2-3-6-19(17)26-18/h2-3,5-6,13,16H,4,7-12,14-15H2,1H3,(H2,21,22,23). The van der Waals surface area contributed by atoms with Crippen LogP contribution in [0.25, 0.3) is 11.0 Å². The van der Waals surface area contributed by atoms with Gasteiger partial charge >= 0.3 is 0 Å². The van der Waals surface area contributed by atoms with Crippen LogP contribution in [-0.2, 0) is 15.9 Å². The summed E-state index contributed by atoms with van der Waals surface area (Å²) in [6.45, 7) is 4.92. The van der Waals surface area contributed by atoms with Crippen LogP contribution in [0.1, 0.15) is 18.6 Å². The van der Waals surface area contributed by atoms with Crippen LogP contribution in [0, 0.1) is 5.92 Å². The summed E-state index contributed by atoms with van der Waals surface area (Å²) in [5, 5.41) is 7.78. The van der Waals surface area contributed by atoms with E-state index in [1.807, 2.05) is 18.2 Å². The summed E-state index contributed by atoms with van der Waals surface area (Å²) in [4.78, 5) is 4.25. The second-order valence-electron chi connectivity index (χ2n) is 6.58. The largest absolute Gasteiger partial charge is 0.461 e. The Bertz CT molecular complexity index is 659. The van der Waals surface area contributed by atoms with E-state index in [9.17, 15) is 0 Å². The monoisotopic (exact) mass is 359 g/mol. The Morgan fingerprint density at radius 1 is 1.27 bits per heavy atom. The second kappa shape index (κ2) is 10.2. The summed E-state index contributed by atoms with van der Waals surface area (Å²) in [5.74, 6) is 2.37. The summed E-state index contributed by atoms with van der Waals surface area (Å²) in [7, 11) is 1.78. The van der Waals surface area contributed by atoms with Crippen LogP contribution in [0.4, 0.5) is 0 Å². The minimum atomic E-state index is 0.579. The van der Waals surface area contributed by atoms with Crippen molar-refractivity contribution in [2.75, 3.05) is 46.6 Å². The highest BCUT2D eigenvalue weighted by Gasteiger charge is 2.15. The van der Waals surface area contributed by atoms with Gasteiger partial charge in [0.05, 0.1) is 13.2 Å². The summed E-state index contributed by atoms with van der Waals surface area (Å²) >= 11 is 0. The lowest BCUT2D eigenvalue weighted by atomic mass is 10.1. The quantitative estimate of drug-likeness (QED) is 0.409. The molecule has 26 heavy (non-hydrogen) atoms. The molecule has 1 saturated heterocycles. The number of nitrogens with zero attached hydrogens (tertiary/aromatic N) is 1. The molecule has 1 aromatic heterocycles.